The van der Waals surface area contributed by atoms with Crippen molar-refractivity contribution in [1.82, 2.24) is 0 Å². The monoisotopic (exact) mass is 337 g/mol. The zero-order valence-electron chi connectivity index (χ0n) is 15.3. The molecule has 0 unspecified atom stereocenters. The van der Waals surface area contributed by atoms with Gasteiger partial charge >= 0.3 is 0 Å². The fourth-order valence-electron chi connectivity index (χ4n) is 3.51. The molecule has 4 rings (SSSR count). The zero-order chi connectivity index (χ0) is 17.9. The summed E-state index contributed by atoms with van der Waals surface area (Å²) in [5.41, 5.74) is 6.26. The second-order valence-corrected chi connectivity index (χ2v) is 6.69. The molecule has 0 heterocycles. The average molecular weight is 337 g/mol. The number of benzene rings is 4. The summed E-state index contributed by atoms with van der Waals surface area (Å²) in [4.78, 5) is 2.34. The molecular weight excluding hydrogens is 314 g/mol. The molecule has 0 aliphatic heterocycles. The van der Waals surface area contributed by atoms with Gasteiger partial charge in [-0.1, -0.05) is 60.7 Å². The quantitative estimate of drug-likeness (QED) is 0.388. The molecule has 0 saturated carbocycles. The minimum Gasteiger partial charge on any atom is -0.342 e. The van der Waals surface area contributed by atoms with Crippen LogP contribution >= 0.6 is 0 Å². The van der Waals surface area contributed by atoms with E-state index in [2.05, 4.69) is 110 Å². The van der Waals surface area contributed by atoms with E-state index in [1.54, 1.807) is 0 Å². The van der Waals surface area contributed by atoms with Gasteiger partial charge in [-0.05, 0) is 71.6 Å². The number of rotatable bonds is 4. The van der Waals surface area contributed by atoms with Crippen molar-refractivity contribution in [3.8, 4) is 11.1 Å². The van der Waals surface area contributed by atoms with Crippen LogP contribution in [-0.2, 0) is 0 Å². The lowest BCUT2D eigenvalue weighted by atomic mass is 10.0. The third-order valence-electron chi connectivity index (χ3n) is 4.89. The molecule has 0 amide bonds. The second kappa shape index (κ2) is 7.05. The first-order chi connectivity index (χ1) is 12.7. The Morgan fingerprint density at radius 1 is 0.615 bits per heavy atom. The molecule has 1 nitrogen and oxygen atoms in total. The highest BCUT2D eigenvalue weighted by Gasteiger charge is 2.08. The Hall–Kier alpha value is -3.06. The Kier molecular flexibility index (Phi) is 4.45. The molecule has 0 saturated heterocycles. The van der Waals surface area contributed by atoms with E-state index in [-0.39, 0.29) is 0 Å². The number of hydrogen-bond acceptors (Lipinski definition) is 1. The molecule has 0 bridgehead atoms. The lowest BCUT2D eigenvalue weighted by Crippen LogP contribution is -2.15. The van der Waals surface area contributed by atoms with Gasteiger partial charge in [-0.15, -0.1) is 0 Å². The van der Waals surface area contributed by atoms with Crippen LogP contribution in [0.25, 0.3) is 21.9 Å². The number of aryl methyl sites for hydroxylation is 1. The number of fused-ring (bicyclic) bond motifs is 1. The van der Waals surface area contributed by atoms with E-state index in [0.717, 1.165) is 6.54 Å². The van der Waals surface area contributed by atoms with Gasteiger partial charge < -0.3 is 4.90 Å². The van der Waals surface area contributed by atoms with E-state index < -0.39 is 0 Å². The van der Waals surface area contributed by atoms with E-state index in [9.17, 15) is 0 Å². The summed E-state index contributed by atoms with van der Waals surface area (Å²) < 4.78 is 0. The normalized spacial score (nSPS) is 10.8. The van der Waals surface area contributed by atoms with Gasteiger partial charge in [-0.3, -0.25) is 0 Å². The smallest absolute Gasteiger partial charge is 0.0413 e. The Morgan fingerprint density at radius 2 is 1.35 bits per heavy atom. The van der Waals surface area contributed by atoms with E-state index in [4.69, 9.17) is 0 Å². The summed E-state index contributed by atoms with van der Waals surface area (Å²) in [6.45, 7) is 5.28. The van der Waals surface area contributed by atoms with Crippen molar-refractivity contribution in [2.24, 2.45) is 0 Å². The van der Waals surface area contributed by atoms with Crippen molar-refractivity contribution in [3.63, 3.8) is 0 Å². The number of hydrogen-bond donors (Lipinski definition) is 0. The molecule has 0 aliphatic carbocycles. The van der Waals surface area contributed by atoms with Crippen LogP contribution < -0.4 is 4.90 Å². The third kappa shape index (κ3) is 3.21. The highest BCUT2D eigenvalue weighted by atomic mass is 15.1. The van der Waals surface area contributed by atoms with Crippen molar-refractivity contribution in [1.29, 1.82) is 0 Å². The lowest BCUT2D eigenvalue weighted by Gasteiger charge is -2.24. The summed E-state index contributed by atoms with van der Waals surface area (Å²) in [5.74, 6) is 0. The number of anilines is 2. The van der Waals surface area contributed by atoms with Crippen molar-refractivity contribution < 1.29 is 0 Å². The molecule has 0 atom stereocenters. The van der Waals surface area contributed by atoms with Gasteiger partial charge in [0.05, 0.1) is 0 Å². The topological polar surface area (TPSA) is 3.24 Å². The third-order valence-corrected chi connectivity index (χ3v) is 4.89. The fraction of sp³-hybridized carbons (Fsp3) is 0.120. The predicted molar refractivity (Wildman–Crippen MR) is 113 cm³/mol. The van der Waals surface area contributed by atoms with E-state index in [0.29, 0.717) is 0 Å². The maximum atomic E-state index is 2.34. The second-order valence-electron chi connectivity index (χ2n) is 6.69. The van der Waals surface area contributed by atoms with Crippen molar-refractivity contribution in [2.45, 2.75) is 13.8 Å². The first kappa shape index (κ1) is 16.4. The van der Waals surface area contributed by atoms with Crippen LogP contribution in [0.1, 0.15) is 12.5 Å². The molecule has 26 heavy (non-hydrogen) atoms. The maximum absolute atomic E-state index is 2.34. The van der Waals surface area contributed by atoms with E-state index in [1.807, 2.05) is 0 Å². The minimum absolute atomic E-state index is 0.943. The standard InChI is InChI=1S/C25H23N/c1-3-26(25-10-6-7-19(2)17-25)24-15-13-21(14-16-24)23-12-11-20-8-4-5-9-22(20)18-23/h4-18H,3H2,1-2H3. The van der Waals surface area contributed by atoms with Gasteiger partial charge in [0.1, 0.15) is 0 Å². The van der Waals surface area contributed by atoms with Crippen LogP contribution in [-0.4, -0.2) is 6.54 Å². The highest BCUT2D eigenvalue weighted by molar-refractivity contribution is 5.87. The Bertz CT molecular complexity index is 1030. The van der Waals surface area contributed by atoms with Crippen molar-refractivity contribution in [2.75, 3.05) is 11.4 Å². The van der Waals surface area contributed by atoms with Gasteiger partial charge in [-0.25, -0.2) is 0 Å². The van der Waals surface area contributed by atoms with Crippen LogP contribution in [0, 0.1) is 6.92 Å². The predicted octanol–water partition coefficient (Wildman–Crippen LogP) is 6.97. The van der Waals surface area contributed by atoms with Crippen LogP contribution in [0.3, 0.4) is 0 Å². The summed E-state index contributed by atoms with van der Waals surface area (Å²) in [5, 5.41) is 2.56. The van der Waals surface area contributed by atoms with Crippen molar-refractivity contribution >= 4 is 22.1 Å². The molecule has 0 spiro atoms. The molecule has 4 aromatic rings. The van der Waals surface area contributed by atoms with E-state index >= 15 is 0 Å². The molecule has 0 aliphatic rings. The van der Waals surface area contributed by atoms with Crippen LogP contribution in [0.5, 0.6) is 0 Å². The SMILES string of the molecule is CCN(c1ccc(-c2ccc3ccccc3c2)cc1)c1cccc(C)c1. The Labute approximate surface area is 155 Å². The summed E-state index contributed by atoms with van der Waals surface area (Å²) in [7, 11) is 0. The Balaban J connectivity index is 1.66. The van der Waals surface area contributed by atoms with E-state index in [1.165, 1.54) is 38.8 Å². The maximum Gasteiger partial charge on any atom is 0.0413 e. The average Bonchev–Trinajstić information content (AvgIpc) is 2.69. The zero-order valence-corrected chi connectivity index (χ0v) is 15.3. The molecule has 0 N–H and O–H groups in total. The van der Waals surface area contributed by atoms with Gasteiger partial charge in [0.2, 0.25) is 0 Å². The Morgan fingerprint density at radius 3 is 2.08 bits per heavy atom. The fourth-order valence-corrected chi connectivity index (χ4v) is 3.51. The van der Waals surface area contributed by atoms with Gasteiger partial charge in [0, 0.05) is 17.9 Å². The van der Waals surface area contributed by atoms with Gasteiger partial charge in [0.25, 0.3) is 0 Å². The summed E-state index contributed by atoms with van der Waals surface area (Å²) >= 11 is 0. The molecule has 0 fully saturated rings. The summed E-state index contributed by atoms with van der Waals surface area (Å²) in [6, 6.07) is 32.7. The highest BCUT2D eigenvalue weighted by Crippen LogP contribution is 2.30. The largest absolute Gasteiger partial charge is 0.342 e. The van der Waals surface area contributed by atoms with Gasteiger partial charge in [0.15, 0.2) is 0 Å². The van der Waals surface area contributed by atoms with Crippen LogP contribution in [0.15, 0.2) is 91.0 Å². The van der Waals surface area contributed by atoms with Crippen LogP contribution in [0.2, 0.25) is 0 Å². The molecule has 0 radical (unpaired) electrons. The first-order valence-corrected chi connectivity index (χ1v) is 9.18. The minimum atomic E-state index is 0.943. The summed E-state index contributed by atoms with van der Waals surface area (Å²) in [6.07, 6.45) is 0. The molecular formula is C25H23N. The van der Waals surface area contributed by atoms with Crippen molar-refractivity contribution in [3.05, 3.63) is 96.6 Å². The first-order valence-electron chi connectivity index (χ1n) is 9.18. The molecule has 0 aromatic heterocycles. The molecule has 1 heteroatoms. The van der Waals surface area contributed by atoms with Crippen LogP contribution in [0.4, 0.5) is 11.4 Å². The lowest BCUT2D eigenvalue weighted by molar-refractivity contribution is 1.02. The molecule has 128 valence electrons. The molecule has 4 aromatic carbocycles. The van der Waals surface area contributed by atoms with Gasteiger partial charge in [-0.2, -0.15) is 0 Å². The number of nitrogens with zero attached hydrogens (tertiary/aromatic N) is 1.